The van der Waals surface area contributed by atoms with Crippen molar-refractivity contribution in [3.8, 4) is 0 Å². The molecule has 0 spiro atoms. The van der Waals surface area contributed by atoms with Crippen LogP contribution in [0.2, 0.25) is 0 Å². The van der Waals surface area contributed by atoms with Crippen molar-refractivity contribution in [3.05, 3.63) is 95.1 Å². The SMILES string of the molecule is CC(=O)c1ccc(C(C2C(=O)N(c3ccc(C)cc3)N=C2C)C2C(=O)N(c3ccc(C)cc3)N=C2C)cc1. The van der Waals surface area contributed by atoms with Gasteiger partial charge in [0.1, 0.15) is 0 Å². The van der Waals surface area contributed by atoms with E-state index < -0.39 is 17.8 Å². The van der Waals surface area contributed by atoms with E-state index in [1.54, 1.807) is 12.1 Å². The van der Waals surface area contributed by atoms with Gasteiger partial charge < -0.3 is 0 Å². The summed E-state index contributed by atoms with van der Waals surface area (Å²) in [5.74, 6) is -2.32. The van der Waals surface area contributed by atoms with Gasteiger partial charge in [-0.15, -0.1) is 0 Å². The number of aryl methyl sites for hydroxylation is 2. The zero-order valence-corrected chi connectivity index (χ0v) is 22.2. The lowest BCUT2D eigenvalue weighted by Crippen LogP contribution is -2.40. The lowest BCUT2D eigenvalue weighted by molar-refractivity contribution is -0.122. The van der Waals surface area contributed by atoms with E-state index in [2.05, 4.69) is 10.2 Å². The molecule has 3 aromatic rings. The number of anilines is 2. The molecule has 2 unspecified atom stereocenters. The van der Waals surface area contributed by atoms with Gasteiger partial charge in [0.05, 0.1) is 23.2 Å². The van der Waals surface area contributed by atoms with Crippen molar-refractivity contribution >= 4 is 40.4 Å². The number of ketones is 1. The summed E-state index contributed by atoms with van der Waals surface area (Å²) in [6, 6.07) is 22.4. The molecule has 3 aromatic carbocycles. The van der Waals surface area contributed by atoms with Crippen molar-refractivity contribution in [2.75, 3.05) is 10.0 Å². The molecule has 2 amide bonds. The molecular weight excluding hydrogens is 476 g/mol. The third kappa shape index (κ3) is 4.45. The number of Topliss-reactive ketones (excluding diaryl/α,β-unsaturated/α-hetero) is 1. The number of carbonyl (C=O) groups excluding carboxylic acids is 3. The fraction of sp³-hybridized carbons (Fsp3) is 0.258. The fourth-order valence-electron chi connectivity index (χ4n) is 5.25. The Kier molecular flexibility index (Phi) is 6.53. The topological polar surface area (TPSA) is 82.4 Å². The molecular formula is C31H30N4O3. The number of hydrogen-bond donors (Lipinski definition) is 0. The first kappa shape index (κ1) is 25.3. The van der Waals surface area contributed by atoms with Crippen LogP contribution in [0.5, 0.6) is 0 Å². The second kappa shape index (κ2) is 9.82. The molecule has 0 aromatic heterocycles. The second-order valence-electron chi connectivity index (χ2n) is 10.1. The lowest BCUT2D eigenvalue weighted by Gasteiger charge is -2.29. The maximum atomic E-state index is 13.9. The van der Waals surface area contributed by atoms with Gasteiger partial charge in [0.25, 0.3) is 11.8 Å². The molecule has 7 nitrogen and oxygen atoms in total. The molecule has 5 rings (SSSR count). The third-order valence-corrected chi connectivity index (χ3v) is 7.34. The van der Waals surface area contributed by atoms with E-state index in [4.69, 9.17) is 0 Å². The number of rotatable bonds is 6. The van der Waals surface area contributed by atoms with Crippen molar-refractivity contribution in [3.63, 3.8) is 0 Å². The Bertz CT molecular complexity index is 1390. The fourth-order valence-corrected chi connectivity index (χ4v) is 5.25. The lowest BCUT2D eigenvalue weighted by atomic mass is 9.73. The first-order valence-electron chi connectivity index (χ1n) is 12.7. The second-order valence-corrected chi connectivity index (χ2v) is 10.1. The number of hydrazone groups is 2. The molecule has 0 radical (unpaired) electrons. The monoisotopic (exact) mass is 506 g/mol. The molecule has 0 bridgehead atoms. The summed E-state index contributed by atoms with van der Waals surface area (Å²) in [5, 5.41) is 12.1. The Labute approximate surface area is 222 Å². The van der Waals surface area contributed by atoms with Crippen LogP contribution < -0.4 is 10.0 Å². The van der Waals surface area contributed by atoms with Crippen LogP contribution >= 0.6 is 0 Å². The number of benzene rings is 3. The van der Waals surface area contributed by atoms with Crippen LogP contribution in [0.15, 0.2) is 83.0 Å². The van der Waals surface area contributed by atoms with E-state index in [0.29, 0.717) is 28.4 Å². The molecule has 38 heavy (non-hydrogen) atoms. The van der Waals surface area contributed by atoms with Gasteiger partial charge in [-0.1, -0.05) is 59.7 Å². The molecule has 0 saturated heterocycles. The van der Waals surface area contributed by atoms with Crippen LogP contribution in [0, 0.1) is 25.7 Å². The van der Waals surface area contributed by atoms with Gasteiger partial charge in [-0.3, -0.25) is 14.4 Å². The van der Waals surface area contributed by atoms with Crippen LogP contribution in [-0.4, -0.2) is 29.0 Å². The van der Waals surface area contributed by atoms with Crippen molar-refractivity contribution in [2.24, 2.45) is 22.0 Å². The number of nitrogens with zero attached hydrogens (tertiary/aromatic N) is 4. The number of amides is 2. The van der Waals surface area contributed by atoms with E-state index in [9.17, 15) is 14.4 Å². The first-order valence-corrected chi connectivity index (χ1v) is 12.7. The summed E-state index contributed by atoms with van der Waals surface area (Å²) in [7, 11) is 0. The van der Waals surface area contributed by atoms with E-state index in [1.807, 2.05) is 88.4 Å². The minimum Gasteiger partial charge on any atom is -0.295 e. The normalized spacial score (nSPS) is 20.0. The Morgan fingerprint density at radius 3 is 1.42 bits per heavy atom. The highest BCUT2D eigenvalue weighted by atomic mass is 16.2. The summed E-state index contributed by atoms with van der Waals surface area (Å²) in [5.41, 5.74) is 6.14. The molecule has 2 aliphatic heterocycles. The van der Waals surface area contributed by atoms with Gasteiger partial charge in [-0.25, -0.2) is 10.0 Å². The Morgan fingerprint density at radius 1 is 0.658 bits per heavy atom. The molecule has 7 heteroatoms. The highest BCUT2D eigenvalue weighted by molar-refractivity contribution is 6.19. The maximum absolute atomic E-state index is 13.9. The van der Waals surface area contributed by atoms with Crippen molar-refractivity contribution in [1.29, 1.82) is 0 Å². The summed E-state index contributed by atoms with van der Waals surface area (Å²) < 4.78 is 0. The molecule has 0 N–H and O–H groups in total. The molecule has 2 atom stereocenters. The minimum absolute atomic E-state index is 0.0476. The zero-order chi connectivity index (χ0) is 27.1. The van der Waals surface area contributed by atoms with Gasteiger partial charge >= 0.3 is 0 Å². The van der Waals surface area contributed by atoms with Crippen LogP contribution in [-0.2, 0) is 9.59 Å². The quantitative estimate of drug-likeness (QED) is 0.404. The van der Waals surface area contributed by atoms with E-state index in [0.717, 1.165) is 16.7 Å². The van der Waals surface area contributed by atoms with Crippen molar-refractivity contribution in [1.82, 2.24) is 0 Å². The van der Waals surface area contributed by atoms with Gasteiger partial charge in [-0.2, -0.15) is 10.2 Å². The molecule has 0 aliphatic carbocycles. The maximum Gasteiger partial charge on any atom is 0.256 e. The predicted octanol–water partition coefficient (Wildman–Crippen LogP) is 5.67. The Morgan fingerprint density at radius 2 is 1.05 bits per heavy atom. The number of hydrogen-bond acceptors (Lipinski definition) is 5. The van der Waals surface area contributed by atoms with Crippen LogP contribution in [0.1, 0.15) is 53.7 Å². The molecule has 0 saturated carbocycles. The average molecular weight is 507 g/mol. The molecule has 192 valence electrons. The van der Waals surface area contributed by atoms with Crippen LogP contribution in [0.25, 0.3) is 0 Å². The summed E-state index contributed by atoms with van der Waals surface area (Å²) in [6.45, 7) is 9.15. The molecule has 0 fully saturated rings. The minimum atomic E-state index is -0.670. The van der Waals surface area contributed by atoms with Gasteiger partial charge in [0, 0.05) is 22.9 Å². The molecule has 2 aliphatic rings. The Hall–Kier alpha value is -4.39. The van der Waals surface area contributed by atoms with Crippen LogP contribution in [0.3, 0.4) is 0 Å². The van der Waals surface area contributed by atoms with Gasteiger partial charge in [0.2, 0.25) is 0 Å². The highest BCUT2D eigenvalue weighted by Crippen LogP contribution is 2.42. The summed E-state index contributed by atoms with van der Waals surface area (Å²) in [6.07, 6.45) is 0. The average Bonchev–Trinajstić information content (AvgIpc) is 3.36. The number of carbonyl (C=O) groups is 3. The zero-order valence-electron chi connectivity index (χ0n) is 22.2. The van der Waals surface area contributed by atoms with Crippen molar-refractivity contribution < 1.29 is 14.4 Å². The van der Waals surface area contributed by atoms with E-state index in [-0.39, 0.29) is 17.6 Å². The molecule has 2 heterocycles. The van der Waals surface area contributed by atoms with E-state index in [1.165, 1.54) is 16.9 Å². The third-order valence-electron chi connectivity index (χ3n) is 7.34. The first-order chi connectivity index (χ1) is 18.2. The van der Waals surface area contributed by atoms with E-state index >= 15 is 0 Å². The summed E-state index contributed by atoms with van der Waals surface area (Å²) in [4.78, 5) is 39.8. The largest absolute Gasteiger partial charge is 0.295 e. The standard InChI is InChI=1S/C31H30N4O3/c1-18-6-14-25(15-7-18)34-30(37)27(20(3)32-34)29(24-12-10-23(11-13-24)22(5)36)28-21(4)33-35(31(28)38)26-16-8-19(2)9-17-26/h6-17,27-29H,1-5H3. The highest BCUT2D eigenvalue weighted by Gasteiger charge is 2.50. The van der Waals surface area contributed by atoms with Gasteiger partial charge in [-0.05, 0) is 64.4 Å². The van der Waals surface area contributed by atoms with Crippen molar-refractivity contribution in [2.45, 2.75) is 40.5 Å². The smallest absolute Gasteiger partial charge is 0.256 e. The Balaban J connectivity index is 1.57. The van der Waals surface area contributed by atoms with Crippen LogP contribution in [0.4, 0.5) is 11.4 Å². The summed E-state index contributed by atoms with van der Waals surface area (Å²) >= 11 is 0. The predicted molar refractivity (Wildman–Crippen MR) is 150 cm³/mol. The van der Waals surface area contributed by atoms with Gasteiger partial charge in [0.15, 0.2) is 5.78 Å².